The van der Waals surface area contributed by atoms with E-state index in [0.717, 1.165) is 16.5 Å². The van der Waals surface area contributed by atoms with E-state index in [1.165, 1.54) is 5.56 Å². The molecule has 0 radical (unpaired) electrons. The highest BCUT2D eigenvalue weighted by Crippen LogP contribution is 2.19. The SMILES string of the molecule is CCc1ccc(CC(C)=O)cc1Br. The predicted molar refractivity (Wildman–Crippen MR) is 57.9 cm³/mol. The van der Waals surface area contributed by atoms with Crippen molar-refractivity contribution in [3.05, 3.63) is 33.8 Å². The topological polar surface area (TPSA) is 17.1 Å². The number of carbonyl (C=O) groups is 1. The van der Waals surface area contributed by atoms with Gasteiger partial charge in [0.15, 0.2) is 0 Å². The van der Waals surface area contributed by atoms with Gasteiger partial charge < -0.3 is 0 Å². The van der Waals surface area contributed by atoms with Crippen molar-refractivity contribution in [1.82, 2.24) is 0 Å². The molecule has 1 aromatic rings. The second-order valence-corrected chi connectivity index (χ2v) is 4.01. The Bertz CT molecular complexity index is 318. The number of hydrogen-bond donors (Lipinski definition) is 0. The third-order valence-electron chi connectivity index (χ3n) is 1.95. The van der Waals surface area contributed by atoms with Gasteiger partial charge in [0.05, 0.1) is 0 Å². The fourth-order valence-corrected chi connectivity index (χ4v) is 1.98. The van der Waals surface area contributed by atoms with Gasteiger partial charge in [-0.05, 0) is 30.5 Å². The van der Waals surface area contributed by atoms with Crippen LogP contribution in [0.3, 0.4) is 0 Å². The molecule has 0 aliphatic rings. The Kier molecular flexibility index (Phi) is 3.67. The van der Waals surface area contributed by atoms with Crippen LogP contribution in [0, 0.1) is 0 Å². The Morgan fingerprint density at radius 1 is 1.46 bits per heavy atom. The minimum atomic E-state index is 0.205. The zero-order valence-corrected chi connectivity index (χ0v) is 9.52. The first-order valence-electron chi connectivity index (χ1n) is 4.40. The van der Waals surface area contributed by atoms with E-state index in [1.54, 1.807) is 6.92 Å². The Morgan fingerprint density at radius 3 is 2.62 bits per heavy atom. The Hall–Kier alpha value is -0.630. The average Bonchev–Trinajstić information content (AvgIpc) is 2.03. The fourth-order valence-electron chi connectivity index (χ4n) is 1.27. The van der Waals surface area contributed by atoms with Crippen molar-refractivity contribution in [2.24, 2.45) is 0 Å². The van der Waals surface area contributed by atoms with Crippen LogP contribution in [0.2, 0.25) is 0 Å². The summed E-state index contributed by atoms with van der Waals surface area (Å²) in [6, 6.07) is 6.12. The van der Waals surface area contributed by atoms with Crippen molar-refractivity contribution in [3.63, 3.8) is 0 Å². The van der Waals surface area contributed by atoms with Crippen molar-refractivity contribution >= 4 is 21.7 Å². The summed E-state index contributed by atoms with van der Waals surface area (Å²) < 4.78 is 1.11. The van der Waals surface area contributed by atoms with E-state index in [1.807, 2.05) is 12.1 Å². The van der Waals surface area contributed by atoms with Crippen LogP contribution in [0.1, 0.15) is 25.0 Å². The molecule has 0 saturated carbocycles. The minimum Gasteiger partial charge on any atom is -0.300 e. The fraction of sp³-hybridized carbons (Fsp3) is 0.364. The van der Waals surface area contributed by atoms with Gasteiger partial charge in [0, 0.05) is 10.9 Å². The molecule has 0 spiro atoms. The third kappa shape index (κ3) is 2.96. The molecule has 1 nitrogen and oxygen atoms in total. The summed E-state index contributed by atoms with van der Waals surface area (Å²) in [5.74, 6) is 0.205. The van der Waals surface area contributed by atoms with E-state index in [9.17, 15) is 4.79 Å². The normalized spacial score (nSPS) is 10.1. The maximum atomic E-state index is 10.9. The minimum absolute atomic E-state index is 0.205. The van der Waals surface area contributed by atoms with Gasteiger partial charge in [0.2, 0.25) is 0 Å². The summed E-state index contributed by atoms with van der Waals surface area (Å²) in [6.07, 6.45) is 1.55. The van der Waals surface area contributed by atoms with Gasteiger partial charge in [-0.1, -0.05) is 35.0 Å². The third-order valence-corrected chi connectivity index (χ3v) is 2.69. The number of aryl methyl sites for hydroxylation is 1. The molecule has 1 rings (SSSR count). The molecule has 2 heteroatoms. The van der Waals surface area contributed by atoms with Crippen LogP contribution in [-0.2, 0) is 17.6 Å². The molecule has 0 aliphatic carbocycles. The van der Waals surface area contributed by atoms with Gasteiger partial charge in [-0.15, -0.1) is 0 Å². The number of halogens is 1. The van der Waals surface area contributed by atoms with Crippen molar-refractivity contribution in [3.8, 4) is 0 Å². The van der Waals surface area contributed by atoms with E-state index in [0.29, 0.717) is 6.42 Å². The Labute approximate surface area is 87.3 Å². The molecule has 0 aliphatic heterocycles. The highest BCUT2D eigenvalue weighted by molar-refractivity contribution is 9.10. The molecule has 1 aromatic carbocycles. The zero-order chi connectivity index (χ0) is 9.84. The van der Waals surface area contributed by atoms with E-state index in [-0.39, 0.29) is 5.78 Å². The lowest BCUT2D eigenvalue weighted by Gasteiger charge is -2.03. The predicted octanol–water partition coefficient (Wildman–Crippen LogP) is 3.14. The van der Waals surface area contributed by atoms with Gasteiger partial charge in [-0.2, -0.15) is 0 Å². The molecule has 0 saturated heterocycles. The smallest absolute Gasteiger partial charge is 0.134 e. The highest BCUT2D eigenvalue weighted by atomic mass is 79.9. The number of ketones is 1. The maximum absolute atomic E-state index is 10.9. The molecule has 0 aromatic heterocycles. The number of rotatable bonds is 3. The highest BCUT2D eigenvalue weighted by Gasteiger charge is 2.01. The van der Waals surface area contributed by atoms with E-state index in [4.69, 9.17) is 0 Å². The van der Waals surface area contributed by atoms with Crippen LogP contribution in [0.15, 0.2) is 22.7 Å². The largest absolute Gasteiger partial charge is 0.300 e. The first-order valence-corrected chi connectivity index (χ1v) is 5.19. The molecule has 0 heterocycles. The Morgan fingerprint density at radius 2 is 2.15 bits per heavy atom. The number of benzene rings is 1. The lowest BCUT2D eigenvalue weighted by Crippen LogP contribution is -1.96. The van der Waals surface area contributed by atoms with E-state index >= 15 is 0 Å². The van der Waals surface area contributed by atoms with Crippen molar-refractivity contribution in [1.29, 1.82) is 0 Å². The molecule has 0 atom stereocenters. The van der Waals surface area contributed by atoms with Crippen molar-refractivity contribution in [2.45, 2.75) is 26.7 Å². The summed E-state index contributed by atoms with van der Waals surface area (Å²) in [6.45, 7) is 3.73. The van der Waals surface area contributed by atoms with Crippen LogP contribution < -0.4 is 0 Å². The molecule has 0 unspecified atom stereocenters. The summed E-state index contributed by atoms with van der Waals surface area (Å²) in [4.78, 5) is 10.9. The lowest BCUT2D eigenvalue weighted by molar-refractivity contribution is -0.116. The summed E-state index contributed by atoms with van der Waals surface area (Å²) in [5.41, 5.74) is 2.36. The molecular weight excluding hydrogens is 228 g/mol. The molecule has 0 N–H and O–H groups in total. The molecular formula is C11H13BrO. The van der Waals surface area contributed by atoms with Crippen molar-refractivity contribution in [2.75, 3.05) is 0 Å². The van der Waals surface area contributed by atoms with Gasteiger partial charge in [-0.25, -0.2) is 0 Å². The molecule has 0 fully saturated rings. The van der Waals surface area contributed by atoms with E-state index in [2.05, 4.69) is 28.9 Å². The molecule has 70 valence electrons. The average molecular weight is 241 g/mol. The lowest BCUT2D eigenvalue weighted by atomic mass is 10.1. The van der Waals surface area contributed by atoms with Crippen LogP contribution in [-0.4, -0.2) is 5.78 Å². The van der Waals surface area contributed by atoms with Gasteiger partial charge >= 0.3 is 0 Å². The van der Waals surface area contributed by atoms with Gasteiger partial charge in [0.25, 0.3) is 0 Å². The number of hydrogen-bond acceptors (Lipinski definition) is 1. The zero-order valence-electron chi connectivity index (χ0n) is 7.93. The van der Waals surface area contributed by atoms with Gasteiger partial charge in [0.1, 0.15) is 5.78 Å². The summed E-state index contributed by atoms with van der Waals surface area (Å²) >= 11 is 3.49. The van der Waals surface area contributed by atoms with Crippen LogP contribution in [0.4, 0.5) is 0 Å². The van der Waals surface area contributed by atoms with Gasteiger partial charge in [-0.3, -0.25) is 4.79 Å². The summed E-state index contributed by atoms with van der Waals surface area (Å²) in [5, 5.41) is 0. The number of Topliss-reactive ketones (excluding diaryl/α,β-unsaturated/α-hetero) is 1. The molecule has 13 heavy (non-hydrogen) atoms. The van der Waals surface area contributed by atoms with Crippen LogP contribution >= 0.6 is 15.9 Å². The van der Waals surface area contributed by atoms with Crippen LogP contribution in [0.5, 0.6) is 0 Å². The number of carbonyl (C=O) groups excluding carboxylic acids is 1. The second kappa shape index (κ2) is 4.56. The van der Waals surface area contributed by atoms with E-state index < -0.39 is 0 Å². The van der Waals surface area contributed by atoms with Crippen molar-refractivity contribution < 1.29 is 4.79 Å². The second-order valence-electron chi connectivity index (χ2n) is 3.16. The molecule has 0 bridgehead atoms. The quantitative estimate of drug-likeness (QED) is 0.794. The monoisotopic (exact) mass is 240 g/mol. The summed E-state index contributed by atoms with van der Waals surface area (Å²) in [7, 11) is 0. The standard InChI is InChI=1S/C11H13BrO/c1-3-10-5-4-9(6-8(2)13)7-11(10)12/h4-5,7H,3,6H2,1-2H3. The Balaban J connectivity index is 2.89. The maximum Gasteiger partial charge on any atom is 0.134 e. The first kappa shape index (κ1) is 10.5. The molecule has 0 amide bonds. The van der Waals surface area contributed by atoms with Crippen LogP contribution in [0.25, 0.3) is 0 Å². The first-order chi connectivity index (χ1) is 6.13.